The van der Waals surface area contributed by atoms with Crippen molar-refractivity contribution in [3.63, 3.8) is 0 Å². The zero-order chi connectivity index (χ0) is 17.2. The van der Waals surface area contributed by atoms with E-state index in [9.17, 15) is 14.7 Å². The van der Waals surface area contributed by atoms with Crippen LogP contribution in [0.15, 0.2) is 53.0 Å². The van der Waals surface area contributed by atoms with E-state index in [0.717, 1.165) is 10.0 Å². The van der Waals surface area contributed by atoms with Crippen LogP contribution in [0.4, 0.5) is 5.69 Å². The quantitative estimate of drug-likeness (QED) is 0.397. The monoisotopic (exact) mass is 413 g/mol. The molecule has 24 heavy (non-hydrogen) atoms. The largest absolute Gasteiger partial charge is 0.530 e. The first-order valence-electron chi connectivity index (χ1n) is 7.08. The lowest BCUT2D eigenvalue weighted by atomic mass is 10.1. The summed E-state index contributed by atoms with van der Waals surface area (Å²) in [5, 5.41) is 10.6. The summed E-state index contributed by atoms with van der Waals surface area (Å²) in [6.07, 6.45) is 0.129. The van der Waals surface area contributed by atoms with Gasteiger partial charge < -0.3 is 4.52 Å². The van der Waals surface area contributed by atoms with Crippen LogP contribution in [0.5, 0.6) is 5.75 Å². The molecule has 2 aromatic carbocycles. The van der Waals surface area contributed by atoms with E-state index in [1.807, 2.05) is 24.3 Å². The fraction of sp³-hybridized carbons (Fsp3) is 0.200. The van der Waals surface area contributed by atoms with Gasteiger partial charge in [0, 0.05) is 23.0 Å². The van der Waals surface area contributed by atoms with Crippen molar-refractivity contribution in [1.82, 2.24) is 0 Å². The minimum Gasteiger partial charge on any atom is -0.404 e. The molecule has 0 N–H and O–H groups in total. The summed E-state index contributed by atoms with van der Waals surface area (Å²) in [4.78, 5) is 10.1. The van der Waals surface area contributed by atoms with Crippen LogP contribution in [0.25, 0.3) is 0 Å². The Balaban J connectivity index is 1.75. The predicted octanol–water partition coefficient (Wildman–Crippen LogP) is 5.02. The summed E-state index contributed by atoms with van der Waals surface area (Å²) in [5.41, 5.74) is 0.776. The van der Waals surface area contributed by atoms with Crippen molar-refractivity contribution in [3.05, 3.63) is 68.7 Å². The summed E-state index contributed by atoms with van der Waals surface area (Å²) in [5.74, 6) is 0.179. The van der Waals surface area contributed by atoms with Crippen LogP contribution in [0.3, 0.4) is 0 Å². The Kier molecular flexibility index (Phi) is 5.01. The van der Waals surface area contributed by atoms with E-state index in [1.165, 1.54) is 24.3 Å². The maximum Gasteiger partial charge on any atom is 0.530 e. The molecule has 9 heteroatoms. The third kappa shape index (κ3) is 4.02. The fourth-order valence-corrected chi connectivity index (χ4v) is 4.07. The van der Waals surface area contributed by atoms with E-state index < -0.39 is 18.8 Å². The summed E-state index contributed by atoms with van der Waals surface area (Å²) in [7, 11) is -3.80. The van der Waals surface area contributed by atoms with Gasteiger partial charge in [-0.1, -0.05) is 28.1 Å². The molecule has 1 heterocycles. The molecule has 1 saturated heterocycles. The Morgan fingerprint density at radius 3 is 2.67 bits per heavy atom. The Hall–Kier alpha value is -1.73. The Labute approximate surface area is 146 Å². The maximum atomic E-state index is 12.7. The zero-order valence-corrected chi connectivity index (χ0v) is 14.8. The summed E-state index contributed by atoms with van der Waals surface area (Å²) in [6.45, 7) is 0.224. The van der Waals surface area contributed by atoms with E-state index in [2.05, 4.69) is 15.9 Å². The second-order valence-electron chi connectivity index (χ2n) is 5.06. The highest BCUT2D eigenvalue weighted by Gasteiger charge is 2.37. The second-order valence-corrected chi connectivity index (χ2v) is 7.52. The minimum atomic E-state index is -3.80. The number of phosphoric acid groups is 1. The molecule has 0 saturated carbocycles. The first-order valence-corrected chi connectivity index (χ1v) is 9.33. The second kappa shape index (κ2) is 7.03. The molecule has 0 radical (unpaired) electrons. The van der Waals surface area contributed by atoms with Crippen molar-refractivity contribution in [2.75, 3.05) is 6.61 Å². The molecule has 0 spiro atoms. The Morgan fingerprint density at radius 2 is 2.00 bits per heavy atom. The SMILES string of the molecule is O=[N+]([O-])c1ccc(OP2(=O)OCCC(c3cccc(Br)c3)O2)cc1. The number of nitro benzene ring substituents is 1. The third-order valence-corrected chi connectivity index (χ3v) is 5.31. The van der Waals surface area contributed by atoms with E-state index in [-0.39, 0.29) is 18.0 Å². The highest BCUT2D eigenvalue weighted by Crippen LogP contribution is 2.56. The lowest BCUT2D eigenvalue weighted by Crippen LogP contribution is -2.16. The van der Waals surface area contributed by atoms with Gasteiger partial charge in [-0.3, -0.25) is 19.2 Å². The van der Waals surface area contributed by atoms with Crippen LogP contribution in [-0.4, -0.2) is 11.5 Å². The third-order valence-electron chi connectivity index (χ3n) is 3.37. The van der Waals surface area contributed by atoms with E-state index >= 15 is 0 Å². The van der Waals surface area contributed by atoms with E-state index in [0.29, 0.717) is 6.42 Å². The van der Waals surface area contributed by atoms with Crippen LogP contribution < -0.4 is 4.52 Å². The van der Waals surface area contributed by atoms with Crippen LogP contribution in [0.2, 0.25) is 0 Å². The number of phosphoric ester groups is 1. The molecule has 0 aromatic heterocycles. The molecule has 1 aliphatic heterocycles. The van der Waals surface area contributed by atoms with Gasteiger partial charge in [-0.05, 0) is 29.8 Å². The number of rotatable bonds is 4. The molecule has 3 rings (SSSR count). The molecule has 7 nitrogen and oxygen atoms in total. The molecule has 2 atom stereocenters. The van der Waals surface area contributed by atoms with Crippen LogP contribution in [0.1, 0.15) is 18.1 Å². The fourth-order valence-electron chi connectivity index (χ4n) is 2.25. The number of benzene rings is 2. The van der Waals surface area contributed by atoms with Gasteiger partial charge in [0.2, 0.25) is 0 Å². The van der Waals surface area contributed by atoms with Gasteiger partial charge in [-0.2, -0.15) is 0 Å². The molecule has 0 bridgehead atoms. The van der Waals surface area contributed by atoms with Gasteiger partial charge in [-0.25, -0.2) is 4.57 Å². The zero-order valence-electron chi connectivity index (χ0n) is 12.3. The van der Waals surface area contributed by atoms with Crippen molar-refractivity contribution in [2.24, 2.45) is 0 Å². The normalized spacial score (nSPS) is 23.6. The van der Waals surface area contributed by atoms with Gasteiger partial charge >= 0.3 is 7.82 Å². The first-order chi connectivity index (χ1) is 11.5. The molecule has 2 aromatic rings. The van der Waals surface area contributed by atoms with Gasteiger partial charge in [-0.15, -0.1) is 0 Å². The van der Waals surface area contributed by atoms with Gasteiger partial charge in [0.1, 0.15) is 5.75 Å². The summed E-state index contributed by atoms with van der Waals surface area (Å²) < 4.78 is 29.7. The summed E-state index contributed by atoms with van der Waals surface area (Å²) in [6, 6.07) is 12.7. The van der Waals surface area contributed by atoms with Crippen molar-refractivity contribution >= 4 is 29.4 Å². The highest BCUT2D eigenvalue weighted by molar-refractivity contribution is 9.10. The van der Waals surface area contributed by atoms with Gasteiger partial charge in [0.05, 0.1) is 17.6 Å². The maximum absolute atomic E-state index is 12.7. The number of halogens is 1. The number of hydrogen-bond acceptors (Lipinski definition) is 6. The van der Waals surface area contributed by atoms with Crippen LogP contribution in [-0.2, 0) is 13.6 Å². The topological polar surface area (TPSA) is 87.9 Å². The predicted molar refractivity (Wildman–Crippen MR) is 89.9 cm³/mol. The molecule has 2 unspecified atom stereocenters. The lowest BCUT2D eigenvalue weighted by molar-refractivity contribution is -0.384. The molecule has 1 aliphatic rings. The molecule has 0 aliphatic carbocycles. The van der Waals surface area contributed by atoms with Crippen molar-refractivity contribution < 1.29 is 23.1 Å². The van der Waals surface area contributed by atoms with E-state index in [4.69, 9.17) is 13.6 Å². The number of non-ortho nitro benzene ring substituents is 1. The molecular weight excluding hydrogens is 401 g/mol. The number of hydrogen-bond donors (Lipinski definition) is 0. The summed E-state index contributed by atoms with van der Waals surface area (Å²) >= 11 is 3.39. The molecule has 126 valence electrons. The average Bonchev–Trinajstić information content (AvgIpc) is 2.55. The van der Waals surface area contributed by atoms with Crippen molar-refractivity contribution in [1.29, 1.82) is 0 Å². The van der Waals surface area contributed by atoms with Crippen LogP contribution >= 0.6 is 23.8 Å². The smallest absolute Gasteiger partial charge is 0.404 e. The van der Waals surface area contributed by atoms with Gasteiger partial charge in [0.25, 0.3) is 5.69 Å². The molecule has 0 amide bonds. The molecule has 1 fully saturated rings. The molecular formula is C15H13BrNO6P. The number of nitro groups is 1. The average molecular weight is 414 g/mol. The van der Waals surface area contributed by atoms with E-state index in [1.54, 1.807) is 0 Å². The Morgan fingerprint density at radius 1 is 1.25 bits per heavy atom. The van der Waals surface area contributed by atoms with Crippen molar-refractivity contribution in [2.45, 2.75) is 12.5 Å². The lowest BCUT2D eigenvalue weighted by Gasteiger charge is -2.29. The van der Waals surface area contributed by atoms with Crippen molar-refractivity contribution in [3.8, 4) is 5.75 Å². The first kappa shape index (κ1) is 17.1. The Bertz CT molecular complexity index is 797. The standard InChI is InChI=1S/C15H13BrNO6P/c16-12-3-1-2-11(10-12)15-8-9-21-24(20,23-15)22-14-6-4-13(5-7-14)17(18)19/h1-7,10,15H,8-9H2. The van der Waals surface area contributed by atoms with Gasteiger partial charge in [0.15, 0.2) is 0 Å². The minimum absolute atomic E-state index is 0.0851. The highest BCUT2D eigenvalue weighted by atomic mass is 79.9. The van der Waals surface area contributed by atoms with Crippen LogP contribution in [0, 0.1) is 10.1 Å². The number of nitrogens with zero attached hydrogens (tertiary/aromatic N) is 1.